The van der Waals surface area contributed by atoms with Gasteiger partial charge in [-0.1, -0.05) is 30.9 Å². The molecule has 0 saturated heterocycles. The molecule has 0 saturated carbocycles. The second kappa shape index (κ2) is 18.7. The van der Waals surface area contributed by atoms with Gasteiger partial charge in [0.05, 0.1) is 7.11 Å². The second-order valence-corrected chi connectivity index (χ2v) is 12.4. The van der Waals surface area contributed by atoms with Gasteiger partial charge in [0.25, 0.3) is 0 Å². The van der Waals surface area contributed by atoms with Crippen molar-refractivity contribution >= 4 is 29.6 Å². The zero-order valence-electron chi connectivity index (χ0n) is 16.8. The van der Waals surface area contributed by atoms with Gasteiger partial charge >= 0.3 is 50.3 Å². The van der Waals surface area contributed by atoms with Gasteiger partial charge in [0.2, 0.25) is 0 Å². The molecule has 0 spiro atoms. The van der Waals surface area contributed by atoms with Gasteiger partial charge in [0, 0.05) is 33.6 Å². The number of carbonyl (C=O) groups is 1. The molecule has 1 radical (unpaired) electrons. The quantitative estimate of drug-likeness (QED) is 0.0670. The van der Waals surface area contributed by atoms with Crippen molar-refractivity contribution in [3.8, 4) is 0 Å². The first-order valence-electron chi connectivity index (χ1n) is 7.32. The number of hydrogen-bond acceptors (Lipinski definition) is 2. The maximum absolute atomic E-state index is 10.7. The molecule has 1 aliphatic carbocycles. The van der Waals surface area contributed by atoms with Crippen LogP contribution < -0.4 is 0 Å². The molecular weight excluding hydrogens is 543 g/mol. The van der Waals surface area contributed by atoms with Crippen molar-refractivity contribution in [2.24, 2.45) is 0 Å². The molecule has 0 aromatic carbocycles. The van der Waals surface area contributed by atoms with E-state index in [9.17, 15) is 30.0 Å². The smallest absolute Gasteiger partial charge is 0.00506 e. The fourth-order valence-electron chi connectivity index (χ4n) is 0.804. The van der Waals surface area contributed by atoms with Crippen LogP contribution in [0.4, 0.5) is 25.2 Å². The molecule has 0 atom stereocenters. The summed E-state index contributed by atoms with van der Waals surface area (Å²) >= 11 is 0. The Labute approximate surface area is 186 Å². The molecule has 1 aliphatic rings. The molecule has 0 bridgehead atoms. The van der Waals surface area contributed by atoms with Crippen LogP contribution in [0.1, 0.15) is 0 Å². The van der Waals surface area contributed by atoms with E-state index < -0.39 is 13.8 Å². The Kier molecular flexibility index (Phi) is 25.5. The molecule has 0 aliphatic heterocycles. The summed E-state index contributed by atoms with van der Waals surface area (Å²) in [6, 6.07) is 0. The average molecular weight is 570 g/mol. The molecule has 173 valence electrons. The number of ether oxygens (including phenoxy) is 1. The minimum atomic E-state index is -10.7. The predicted molar refractivity (Wildman–Crippen MR) is 110 cm³/mol. The van der Waals surface area contributed by atoms with Crippen LogP contribution in [0.5, 0.6) is 0 Å². The van der Waals surface area contributed by atoms with Gasteiger partial charge in [-0.15, -0.1) is 15.8 Å². The Bertz CT molecular complexity index is 475. The maximum Gasteiger partial charge on any atom is 0.00506 e. The zero-order valence-corrected chi connectivity index (χ0v) is 21.5. The van der Waals surface area contributed by atoms with Crippen LogP contribution in [0.2, 0.25) is 0 Å². The molecule has 1 rings (SSSR count). The molecule has 3 nitrogen and oxygen atoms in total. The van der Waals surface area contributed by atoms with Crippen molar-refractivity contribution in [1.82, 2.24) is 0 Å². The summed E-state index contributed by atoms with van der Waals surface area (Å²) in [7, 11) is -8.58. The van der Waals surface area contributed by atoms with Crippen LogP contribution in [0.3, 0.4) is 0 Å². The fraction of sp³-hybridized carbons (Fsp3) is 0.438. The number of carbonyl (C=O) groups excluding carboxylic acids is 1. The van der Waals surface area contributed by atoms with Crippen molar-refractivity contribution in [3.63, 3.8) is 0 Å². The summed E-state index contributed by atoms with van der Waals surface area (Å²) in [5.74, 6) is -0.394. The Morgan fingerprint density at radius 3 is 1.31 bits per heavy atom. The third-order valence-corrected chi connectivity index (χ3v) is 4.51. The van der Waals surface area contributed by atoms with Gasteiger partial charge in [0.1, 0.15) is 0 Å². The number of hydrogen-bond donors (Lipinski definition) is 0. The van der Waals surface area contributed by atoms with Crippen LogP contribution in [0, 0.1) is 13.1 Å². The molecule has 0 amide bonds. The van der Waals surface area contributed by atoms with E-state index in [2.05, 4.69) is 44.6 Å². The van der Waals surface area contributed by atoms with E-state index in [-0.39, 0.29) is 21.1 Å². The molecule has 0 N–H and O–H groups in total. The average Bonchev–Trinajstić information content (AvgIpc) is 3.11. The largest absolute Gasteiger partial charge is 0.0767 e. The van der Waals surface area contributed by atoms with Crippen LogP contribution in [0.15, 0.2) is 37.0 Å². The van der Waals surface area contributed by atoms with Gasteiger partial charge in [-0.25, -0.2) is 4.79 Å². The van der Waals surface area contributed by atoms with E-state index in [1.165, 1.54) is 19.4 Å². The van der Waals surface area contributed by atoms with Crippen LogP contribution in [-0.4, -0.2) is 52.1 Å². The molecular formula is C16H27F6MoO3P3-. The van der Waals surface area contributed by atoms with Gasteiger partial charge in [-0.3, -0.25) is 0 Å². The summed E-state index contributed by atoms with van der Waals surface area (Å²) in [5.41, 5.74) is 0. The van der Waals surface area contributed by atoms with Crippen LogP contribution in [0.25, 0.3) is 0 Å². The Hall–Kier alpha value is -0.0117. The molecule has 0 fully saturated rings. The van der Waals surface area contributed by atoms with Gasteiger partial charge < -0.3 is 4.74 Å². The van der Waals surface area contributed by atoms with Gasteiger partial charge in [-0.05, 0) is 39.0 Å². The molecule has 0 heterocycles. The number of allylic oxidation sites excluding steroid dienone is 4. The summed E-state index contributed by atoms with van der Waals surface area (Å²) < 4.78 is 70.8. The van der Waals surface area contributed by atoms with E-state index in [0.717, 1.165) is 6.08 Å². The van der Waals surface area contributed by atoms with Crippen LogP contribution in [-0.2, 0) is 35.2 Å². The normalized spacial score (nSPS) is 13.2. The van der Waals surface area contributed by atoms with Crippen molar-refractivity contribution in [3.05, 3.63) is 50.0 Å². The third kappa shape index (κ3) is 96.6. The van der Waals surface area contributed by atoms with E-state index >= 15 is 0 Å². The minimum Gasteiger partial charge on any atom is -0.0767 e. The van der Waals surface area contributed by atoms with Gasteiger partial charge in [-0.2, -0.15) is 0 Å². The second-order valence-electron chi connectivity index (χ2n) is 5.25. The monoisotopic (exact) mass is 572 g/mol. The summed E-state index contributed by atoms with van der Waals surface area (Å²) in [5, 5.41) is 0. The molecule has 29 heavy (non-hydrogen) atoms. The number of methoxy groups -OCH3 is 1. The van der Waals surface area contributed by atoms with E-state index in [1.807, 2.05) is 30.7 Å². The van der Waals surface area contributed by atoms with Crippen molar-refractivity contribution in [2.45, 2.75) is 0 Å². The van der Waals surface area contributed by atoms with E-state index in [0.29, 0.717) is 15.8 Å². The van der Waals surface area contributed by atoms with Crippen molar-refractivity contribution < 1.29 is 60.4 Å². The Morgan fingerprint density at radius 2 is 1.24 bits per heavy atom. The van der Waals surface area contributed by atoms with Crippen LogP contribution >= 0.6 is 23.7 Å². The van der Waals surface area contributed by atoms with Crippen molar-refractivity contribution in [1.29, 1.82) is 0 Å². The Balaban J connectivity index is -0.0000000855. The van der Waals surface area contributed by atoms with E-state index in [1.54, 1.807) is 0 Å². The zero-order chi connectivity index (χ0) is 23.5. The molecule has 0 aromatic heterocycles. The van der Waals surface area contributed by atoms with Crippen molar-refractivity contribution in [2.75, 3.05) is 46.1 Å². The topological polar surface area (TPSA) is 46.2 Å². The first kappa shape index (κ1) is 39.5. The molecule has 13 heteroatoms. The predicted octanol–water partition coefficient (Wildman–Crippen LogP) is 7.47. The number of halogens is 6. The van der Waals surface area contributed by atoms with E-state index in [4.69, 9.17) is 4.65 Å². The fourth-order valence-corrected chi connectivity index (χ4v) is 4.00. The standard InChI is InChI=1S/C6H16P2.C5H5.C4H6O2.CO.F6P.Mo/c1-7(2)5-6-8(3)4;1-2-4-5-3-1;1-3-4(5)6-2;1-2;1-7(2,3,4,5)6;/h5-6H2,1-4H3;1-5H;3H,1H2,2H3;;;/q;;;;-1;. The van der Waals surface area contributed by atoms with Gasteiger partial charge in [0.15, 0.2) is 0 Å². The summed E-state index contributed by atoms with van der Waals surface area (Å²) in [4.78, 5) is 9.84. The number of esters is 1. The maximum atomic E-state index is 9.87. The first-order chi connectivity index (χ1) is 12.4. The molecule has 0 unspecified atom stereocenters. The minimum absolute atomic E-state index is 0. The SMILES string of the molecule is C=CC(=O)OC.CP(C)CCP(C)C.F[P-](F)(F)(F)(F)F.[C-]#[O+].[CH]1C=CC=C1.[Mo]. The number of rotatable bonds is 4. The Morgan fingerprint density at radius 1 is 0.966 bits per heavy atom. The summed E-state index contributed by atoms with van der Waals surface area (Å²) in [6.45, 7) is 17.1. The molecule has 0 aromatic rings. The third-order valence-electron chi connectivity index (χ3n) is 1.92. The summed E-state index contributed by atoms with van der Waals surface area (Å²) in [6.07, 6.45) is 14.1. The first-order valence-corrected chi connectivity index (χ1v) is 14.2.